The van der Waals surface area contributed by atoms with Crippen LogP contribution in [0.1, 0.15) is 21.5 Å². The van der Waals surface area contributed by atoms with Gasteiger partial charge in [-0.2, -0.15) is 0 Å². The van der Waals surface area contributed by atoms with Gasteiger partial charge in [0.05, 0.1) is 5.56 Å². The van der Waals surface area contributed by atoms with E-state index in [9.17, 15) is 9.18 Å². The minimum atomic E-state index is -0.635. The van der Waals surface area contributed by atoms with Gasteiger partial charge in [0, 0.05) is 15.6 Å². The molecule has 0 aliphatic carbocycles. The largest absolute Gasteiger partial charge is 0.288 e. The molecule has 0 unspecified atom stereocenters. The van der Waals surface area contributed by atoms with Gasteiger partial charge in [0.15, 0.2) is 5.78 Å². The van der Waals surface area contributed by atoms with Crippen LogP contribution in [0, 0.1) is 12.7 Å². The molecule has 2 rings (SSSR count). The summed E-state index contributed by atoms with van der Waals surface area (Å²) >= 11 is 11.6. The van der Waals surface area contributed by atoms with E-state index in [4.69, 9.17) is 23.2 Å². The summed E-state index contributed by atoms with van der Waals surface area (Å²) < 4.78 is 13.6. The van der Waals surface area contributed by atoms with E-state index in [0.29, 0.717) is 10.6 Å². The molecule has 0 N–H and O–H groups in total. The third-order valence-electron chi connectivity index (χ3n) is 2.61. The Labute approximate surface area is 114 Å². The van der Waals surface area contributed by atoms with Crippen molar-refractivity contribution >= 4 is 29.0 Å². The van der Waals surface area contributed by atoms with Gasteiger partial charge in [-0.15, -0.1) is 0 Å². The van der Waals surface area contributed by atoms with E-state index >= 15 is 0 Å². The van der Waals surface area contributed by atoms with Gasteiger partial charge in [-0.1, -0.05) is 35.3 Å². The molecule has 0 amide bonds. The van der Waals surface area contributed by atoms with E-state index in [1.165, 1.54) is 18.2 Å². The summed E-state index contributed by atoms with van der Waals surface area (Å²) in [7, 11) is 0. The van der Waals surface area contributed by atoms with Crippen molar-refractivity contribution in [2.75, 3.05) is 0 Å². The number of ketones is 1. The Kier molecular flexibility index (Phi) is 3.69. The Bertz CT molecular complexity index is 623. The fourth-order valence-electron chi connectivity index (χ4n) is 1.56. The molecule has 18 heavy (non-hydrogen) atoms. The first-order chi connectivity index (χ1) is 8.49. The van der Waals surface area contributed by atoms with Crippen molar-refractivity contribution < 1.29 is 9.18 Å². The molecule has 0 aliphatic rings. The Morgan fingerprint density at radius 1 is 1.11 bits per heavy atom. The van der Waals surface area contributed by atoms with Crippen LogP contribution in [-0.2, 0) is 0 Å². The molecule has 0 aromatic heterocycles. The van der Waals surface area contributed by atoms with E-state index in [1.54, 1.807) is 12.1 Å². The lowest BCUT2D eigenvalue weighted by atomic mass is 10.0. The Balaban J connectivity index is 2.44. The third-order valence-corrected chi connectivity index (χ3v) is 3.25. The number of hydrogen-bond acceptors (Lipinski definition) is 1. The van der Waals surface area contributed by atoms with Gasteiger partial charge in [0.2, 0.25) is 0 Å². The quantitative estimate of drug-likeness (QED) is 0.732. The van der Waals surface area contributed by atoms with E-state index in [2.05, 4.69) is 0 Å². The molecule has 0 bridgehead atoms. The molecule has 1 nitrogen and oxygen atoms in total. The van der Waals surface area contributed by atoms with Crippen LogP contribution in [-0.4, -0.2) is 5.78 Å². The molecule has 2 aromatic carbocycles. The van der Waals surface area contributed by atoms with E-state index in [1.807, 2.05) is 6.92 Å². The second-order valence-electron chi connectivity index (χ2n) is 3.92. The fourth-order valence-corrected chi connectivity index (χ4v) is 1.90. The lowest BCUT2D eigenvalue weighted by Crippen LogP contribution is -2.04. The first kappa shape index (κ1) is 13.1. The predicted octanol–water partition coefficient (Wildman–Crippen LogP) is 4.67. The maximum absolute atomic E-state index is 13.6. The third kappa shape index (κ3) is 2.55. The highest BCUT2D eigenvalue weighted by atomic mass is 35.5. The molecule has 0 radical (unpaired) electrons. The molecule has 0 fully saturated rings. The highest BCUT2D eigenvalue weighted by Gasteiger charge is 2.14. The van der Waals surface area contributed by atoms with Crippen molar-refractivity contribution in [3.05, 3.63) is 69.0 Å². The molecule has 2 aromatic rings. The van der Waals surface area contributed by atoms with Crippen LogP contribution in [0.25, 0.3) is 0 Å². The van der Waals surface area contributed by atoms with Crippen LogP contribution in [0.3, 0.4) is 0 Å². The van der Waals surface area contributed by atoms with Crippen molar-refractivity contribution in [2.45, 2.75) is 6.92 Å². The summed E-state index contributed by atoms with van der Waals surface area (Å²) in [6.07, 6.45) is 0. The zero-order chi connectivity index (χ0) is 13.3. The lowest BCUT2D eigenvalue weighted by molar-refractivity contribution is 0.103. The van der Waals surface area contributed by atoms with Crippen molar-refractivity contribution in [3.8, 4) is 0 Å². The Hall–Kier alpha value is -1.38. The second kappa shape index (κ2) is 5.09. The normalized spacial score (nSPS) is 10.4. The molecule has 0 saturated carbocycles. The predicted molar refractivity (Wildman–Crippen MR) is 71.0 cm³/mol. The first-order valence-corrected chi connectivity index (χ1v) is 6.00. The zero-order valence-corrected chi connectivity index (χ0v) is 11.0. The maximum Gasteiger partial charge on any atom is 0.196 e. The Morgan fingerprint density at radius 2 is 1.83 bits per heavy atom. The van der Waals surface area contributed by atoms with Crippen molar-refractivity contribution in [1.82, 2.24) is 0 Å². The molecule has 0 heterocycles. The summed E-state index contributed by atoms with van der Waals surface area (Å²) in [4.78, 5) is 12.1. The molecule has 4 heteroatoms. The van der Waals surface area contributed by atoms with E-state index in [0.717, 1.165) is 11.6 Å². The average molecular weight is 283 g/mol. The summed E-state index contributed by atoms with van der Waals surface area (Å²) in [5.74, 6) is -1.05. The summed E-state index contributed by atoms with van der Waals surface area (Å²) in [6, 6.07) is 8.85. The molecule has 92 valence electrons. The Morgan fingerprint density at radius 3 is 2.44 bits per heavy atom. The number of carbonyl (C=O) groups is 1. The van der Waals surface area contributed by atoms with Gasteiger partial charge in [0.1, 0.15) is 5.82 Å². The van der Waals surface area contributed by atoms with Crippen molar-refractivity contribution in [1.29, 1.82) is 0 Å². The molecule has 0 atom stereocenters. The summed E-state index contributed by atoms with van der Waals surface area (Å²) in [5.41, 5.74) is 1.20. The molecule has 0 saturated heterocycles. The zero-order valence-electron chi connectivity index (χ0n) is 9.51. The number of hydrogen-bond donors (Lipinski definition) is 0. The monoisotopic (exact) mass is 282 g/mol. The standard InChI is InChI=1S/C14H9Cl2FO/c1-8-2-3-9(6-12(8)16)14(18)11-5-4-10(15)7-13(11)17/h2-7H,1H3. The van der Waals surface area contributed by atoms with Crippen LogP contribution in [0.5, 0.6) is 0 Å². The highest BCUT2D eigenvalue weighted by molar-refractivity contribution is 6.32. The topological polar surface area (TPSA) is 17.1 Å². The number of benzene rings is 2. The first-order valence-electron chi connectivity index (χ1n) is 5.25. The van der Waals surface area contributed by atoms with Crippen LogP contribution in [0.15, 0.2) is 36.4 Å². The lowest BCUT2D eigenvalue weighted by Gasteiger charge is -2.05. The van der Waals surface area contributed by atoms with Crippen molar-refractivity contribution in [2.24, 2.45) is 0 Å². The number of aryl methyl sites for hydroxylation is 1. The highest BCUT2D eigenvalue weighted by Crippen LogP contribution is 2.21. The fraction of sp³-hybridized carbons (Fsp3) is 0.0714. The number of carbonyl (C=O) groups excluding carboxylic acids is 1. The maximum atomic E-state index is 13.6. The smallest absolute Gasteiger partial charge is 0.196 e. The minimum Gasteiger partial charge on any atom is -0.288 e. The summed E-state index contributed by atoms with van der Waals surface area (Å²) in [5, 5.41) is 0.737. The van der Waals surface area contributed by atoms with Gasteiger partial charge >= 0.3 is 0 Å². The summed E-state index contributed by atoms with van der Waals surface area (Å²) in [6.45, 7) is 1.83. The minimum absolute atomic E-state index is 0.0145. The molecule has 0 spiro atoms. The van der Waals surface area contributed by atoms with Gasteiger partial charge < -0.3 is 0 Å². The number of rotatable bonds is 2. The molecular weight excluding hydrogens is 274 g/mol. The van der Waals surface area contributed by atoms with Gasteiger partial charge in [0.25, 0.3) is 0 Å². The second-order valence-corrected chi connectivity index (χ2v) is 4.76. The van der Waals surface area contributed by atoms with Crippen LogP contribution < -0.4 is 0 Å². The van der Waals surface area contributed by atoms with Gasteiger partial charge in [-0.05, 0) is 36.8 Å². The van der Waals surface area contributed by atoms with Crippen LogP contribution >= 0.6 is 23.2 Å². The van der Waals surface area contributed by atoms with Gasteiger partial charge in [-0.3, -0.25) is 4.79 Å². The molecule has 0 aliphatic heterocycles. The van der Waals surface area contributed by atoms with Crippen LogP contribution in [0.4, 0.5) is 4.39 Å². The molecular formula is C14H9Cl2FO. The van der Waals surface area contributed by atoms with E-state index < -0.39 is 11.6 Å². The van der Waals surface area contributed by atoms with E-state index in [-0.39, 0.29) is 10.6 Å². The number of halogens is 3. The van der Waals surface area contributed by atoms with Gasteiger partial charge in [-0.25, -0.2) is 4.39 Å². The average Bonchev–Trinajstić information content (AvgIpc) is 2.32. The SMILES string of the molecule is Cc1ccc(C(=O)c2ccc(Cl)cc2F)cc1Cl. The van der Waals surface area contributed by atoms with Crippen molar-refractivity contribution in [3.63, 3.8) is 0 Å². The van der Waals surface area contributed by atoms with Crippen LogP contribution in [0.2, 0.25) is 10.0 Å².